The Hall–Kier alpha value is -1.31. The molecule has 2 heteroatoms. The van der Waals surface area contributed by atoms with Gasteiger partial charge in [-0.05, 0) is 12.8 Å². The number of rotatable bonds is 13. The topological polar surface area (TPSA) is 37.3 Å². The van der Waals surface area contributed by atoms with Gasteiger partial charge < -0.3 is 5.11 Å². The van der Waals surface area contributed by atoms with Crippen LogP contribution in [0.1, 0.15) is 71.1 Å². The summed E-state index contributed by atoms with van der Waals surface area (Å²) in [7, 11) is 0. The Morgan fingerprint density at radius 2 is 1.35 bits per heavy atom. The van der Waals surface area contributed by atoms with Crippen molar-refractivity contribution < 1.29 is 9.90 Å². The summed E-state index contributed by atoms with van der Waals surface area (Å²) in [6.45, 7) is 2.26. The average Bonchev–Trinajstić information content (AvgIpc) is 2.43. The zero-order valence-corrected chi connectivity index (χ0v) is 12.9. The second kappa shape index (κ2) is 15.7. The van der Waals surface area contributed by atoms with E-state index in [2.05, 4.69) is 13.0 Å². The van der Waals surface area contributed by atoms with Crippen LogP contribution in [-0.2, 0) is 4.79 Å². The molecular weight excluding hydrogens is 248 g/mol. The van der Waals surface area contributed by atoms with Crippen molar-refractivity contribution in [2.75, 3.05) is 0 Å². The van der Waals surface area contributed by atoms with E-state index in [1.807, 2.05) is 12.2 Å². The first-order valence-electron chi connectivity index (χ1n) is 8.00. The molecule has 0 radical (unpaired) electrons. The Morgan fingerprint density at radius 3 is 1.95 bits per heavy atom. The first-order chi connectivity index (χ1) is 9.77. The van der Waals surface area contributed by atoms with Crippen LogP contribution >= 0.6 is 0 Å². The van der Waals surface area contributed by atoms with Gasteiger partial charge in [0.1, 0.15) is 0 Å². The van der Waals surface area contributed by atoms with Gasteiger partial charge in [-0.1, -0.05) is 88.7 Å². The number of carboxylic acid groups (broad SMARTS) is 1. The van der Waals surface area contributed by atoms with E-state index in [1.165, 1.54) is 63.9 Å². The lowest BCUT2D eigenvalue weighted by molar-refractivity contribution is -0.131. The molecule has 0 spiro atoms. The molecule has 0 fully saturated rings. The molecule has 2 nitrogen and oxygen atoms in total. The van der Waals surface area contributed by atoms with Gasteiger partial charge in [-0.15, -0.1) is 0 Å². The molecule has 0 unspecified atom stereocenters. The van der Waals surface area contributed by atoms with Crippen molar-refractivity contribution in [3.05, 3.63) is 36.5 Å². The molecule has 0 aliphatic carbocycles. The van der Waals surface area contributed by atoms with Gasteiger partial charge in [-0.25, -0.2) is 4.79 Å². The summed E-state index contributed by atoms with van der Waals surface area (Å²) in [6.07, 6.45) is 23.7. The van der Waals surface area contributed by atoms with E-state index >= 15 is 0 Å². The zero-order valence-electron chi connectivity index (χ0n) is 12.9. The summed E-state index contributed by atoms with van der Waals surface area (Å²) < 4.78 is 0. The van der Waals surface area contributed by atoms with Crippen LogP contribution in [0.15, 0.2) is 36.5 Å². The van der Waals surface area contributed by atoms with Crippen LogP contribution in [-0.4, -0.2) is 11.1 Å². The number of hydrogen-bond acceptors (Lipinski definition) is 1. The standard InChI is InChI=1S/C18H30O2/c1-2-3-4-5-6-7-8-9-10-11-12-13-14-15-16-17-18(19)20/h12-17H,2-11H2,1H3,(H,19,20)/b13-12+,15-14?,17-16?. The lowest BCUT2D eigenvalue weighted by Crippen LogP contribution is -1.84. The third-order valence-corrected chi connectivity index (χ3v) is 3.18. The monoisotopic (exact) mass is 278 g/mol. The van der Waals surface area contributed by atoms with E-state index < -0.39 is 5.97 Å². The van der Waals surface area contributed by atoms with E-state index in [-0.39, 0.29) is 0 Å². The van der Waals surface area contributed by atoms with E-state index in [1.54, 1.807) is 6.08 Å². The van der Waals surface area contributed by atoms with Crippen LogP contribution < -0.4 is 0 Å². The second-order valence-electron chi connectivity index (χ2n) is 5.13. The van der Waals surface area contributed by atoms with Gasteiger partial charge >= 0.3 is 5.97 Å². The molecule has 0 amide bonds. The first kappa shape index (κ1) is 18.7. The van der Waals surface area contributed by atoms with Crippen molar-refractivity contribution in [3.63, 3.8) is 0 Å². The van der Waals surface area contributed by atoms with Crippen LogP contribution in [0.2, 0.25) is 0 Å². The summed E-state index contributed by atoms with van der Waals surface area (Å²) in [6, 6.07) is 0. The molecule has 1 N–H and O–H groups in total. The molecule has 0 aliphatic rings. The van der Waals surface area contributed by atoms with Crippen molar-refractivity contribution in [3.8, 4) is 0 Å². The summed E-state index contributed by atoms with van der Waals surface area (Å²) in [5.74, 6) is -0.909. The number of hydrogen-bond donors (Lipinski definition) is 1. The second-order valence-corrected chi connectivity index (χ2v) is 5.13. The number of allylic oxidation sites excluding steroid dienone is 5. The highest BCUT2D eigenvalue weighted by molar-refractivity contribution is 5.80. The molecule has 0 aliphatic heterocycles. The Morgan fingerprint density at radius 1 is 0.800 bits per heavy atom. The van der Waals surface area contributed by atoms with Gasteiger partial charge in [-0.2, -0.15) is 0 Å². The van der Waals surface area contributed by atoms with Crippen molar-refractivity contribution in [2.45, 2.75) is 71.1 Å². The maximum atomic E-state index is 10.2. The Bertz CT molecular complexity index is 301. The third kappa shape index (κ3) is 16.7. The van der Waals surface area contributed by atoms with Crippen molar-refractivity contribution in [1.82, 2.24) is 0 Å². The summed E-state index contributed by atoms with van der Waals surface area (Å²) in [4.78, 5) is 10.2. The molecule has 0 aromatic heterocycles. The molecule has 0 aromatic carbocycles. The van der Waals surface area contributed by atoms with Crippen LogP contribution in [0.4, 0.5) is 0 Å². The van der Waals surface area contributed by atoms with Crippen LogP contribution in [0.3, 0.4) is 0 Å². The lowest BCUT2D eigenvalue weighted by atomic mass is 10.1. The third-order valence-electron chi connectivity index (χ3n) is 3.18. The first-order valence-corrected chi connectivity index (χ1v) is 8.00. The molecule has 0 saturated carbocycles. The smallest absolute Gasteiger partial charge is 0.328 e. The fraction of sp³-hybridized carbons (Fsp3) is 0.611. The number of aliphatic carboxylic acids is 1. The average molecular weight is 278 g/mol. The number of carboxylic acids is 1. The molecule has 0 bridgehead atoms. The molecule has 114 valence electrons. The summed E-state index contributed by atoms with van der Waals surface area (Å²) in [5.41, 5.74) is 0. The van der Waals surface area contributed by atoms with Crippen LogP contribution in [0.25, 0.3) is 0 Å². The molecule has 0 heterocycles. The fourth-order valence-electron chi connectivity index (χ4n) is 2.01. The molecular formula is C18H30O2. The van der Waals surface area contributed by atoms with Crippen LogP contribution in [0.5, 0.6) is 0 Å². The van der Waals surface area contributed by atoms with Gasteiger partial charge in [0.15, 0.2) is 0 Å². The van der Waals surface area contributed by atoms with Gasteiger partial charge in [-0.3, -0.25) is 0 Å². The predicted octanol–water partition coefficient (Wildman–Crippen LogP) is 5.66. The molecule has 0 saturated heterocycles. The van der Waals surface area contributed by atoms with Gasteiger partial charge in [0, 0.05) is 6.08 Å². The summed E-state index contributed by atoms with van der Waals surface area (Å²) in [5, 5.41) is 8.38. The normalized spacial score (nSPS) is 12.1. The van der Waals surface area contributed by atoms with Crippen molar-refractivity contribution in [1.29, 1.82) is 0 Å². The maximum absolute atomic E-state index is 10.2. The minimum Gasteiger partial charge on any atom is -0.478 e. The number of carbonyl (C=O) groups is 1. The van der Waals surface area contributed by atoms with Crippen LogP contribution in [0, 0.1) is 0 Å². The lowest BCUT2D eigenvalue weighted by Gasteiger charge is -2.00. The molecule has 20 heavy (non-hydrogen) atoms. The van der Waals surface area contributed by atoms with E-state index in [0.717, 1.165) is 12.5 Å². The molecule has 0 atom stereocenters. The van der Waals surface area contributed by atoms with E-state index in [4.69, 9.17) is 5.11 Å². The zero-order chi connectivity index (χ0) is 14.9. The highest BCUT2D eigenvalue weighted by Crippen LogP contribution is 2.10. The largest absolute Gasteiger partial charge is 0.478 e. The highest BCUT2D eigenvalue weighted by Gasteiger charge is 1.90. The van der Waals surface area contributed by atoms with Gasteiger partial charge in [0.2, 0.25) is 0 Å². The highest BCUT2D eigenvalue weighted by atomic mass is 16.4. The Balaban J connectivity index is 3.25. The number of unbranched alkanes of at least 4 members (excludes halogenated alkanes) is 9. The maximum Gasteiger partial charge on any atom is 0.328 e. The molecule has 0 rings (SSSR count). The van der Waals surface area contributed by atoms with E-state index in [0.29, 0.717) is 0 Å². The molecule has 0 aromatic rings. The predicted molar refractivity (Wildman–Crippen MR) is 86.9 cm³/mol. The Kier molecular flexibility index (Phi) is 14.7. The van der Waals surface area contributed by atoms with E-state index in [9.17, 15) is 4.79 Å². The Labute approximate surface area is 124 Å². The van der Waals surface area contributed by atoms with Gasteiger partial charge in [0.25, 0.3) is 0 Å². The fourth-order valence-corrected chi connectivity index (χ4v) is 2.01. The SMILES string of the molecule is CCCCCCCCCCC/C=C/C=CC=CC(=O)O. The summed E-state index contributed by atoms with van der Waals surface area (Å²) >= 11 is 0. The van der Waals surface area contributed by atoms with Crippen molar-refractivity contribution >= 4 is 5.97 Å². The minimum absolute atomic E-state index is 0.909. The van der Waals surface area contributed by atoms with Crippen molar-refractivity contribution in [2.24, 2.45) is 0 Å². The minimum atomic E-state index is -0.909. The quantitative estimate of drug-likeness (QED) is 0.268. The van der Waals surface area contributed by atoms with Gasteiger partial charge in [0.05, 0.1) is 0 Å².